The fourth-order valence-electron chi connectivity index (χ4n) is 2.96. The standard InChI is InChI=1S/C14H27NO2/c1-11(2)9-14(7-5-6-8-14)10-15-13(16)17-12(3)4/h11-12H,5-10H2,1-4H3,(H,15,16). The highest BCUT2D eigenvalue weighted by molar-refractivity contribution is 5.67. The molecule has 1 aliphatic carbocycles. The average molecular weight is 241 g/mol. The molecule has 0 aliphatic heterocycles. The lowest BCUT2D eigenvalue weighted by Gasteiger charge is -2.31. The normalized spacial score (nSPS) is 18.7. The van der Waals surface area contributed by atoms with E-state index in [4.69, 9.17) is 4.74 Å². The van der Waals surface area contributed by atoms with Crippen LogP contribution in [0, 0.1) is 11.3 Å². The third kappa shape index (κ3) is 4.97. The molecular weight excluding hydrogens is 214 g/mol. The van der Waals surface area contributed by atoms with Crippen molar-refractivity contribution >= 4 is 6.09 Å². The van der Waals surface area contributed by atoms with E-state index in [1.165, 1.54) is 32.1 Å². The number of carbonyl (C=O) groups excluding carboxylic acids is 1. The predicted molar refractivity (Wildman–Crippen MR) is 70.0 cm³/mol. The fraction of sp³-hybridized carbons (Fsp3) is 0.929. The van der Waals surface area contributed by atoms with Gasteiger partial charge in [0.25, 0.3) is 0 Å². The molecule has 0 bridgehead atoms. The molecular formula is C14H27NO2. The van der Waals surface area contributed by atoms with E-state index in [0.29, 0.717) is 11.3 Å². The quantitative estimate of drug-likeness (QED) is 0.796. The minimum atomic E-state index is -0.268. The second-order valence-electron chi connectivity index (χ2n) is 6.11. The molecule has 1 amide bonds. The van der Waals surface area contributed by atoms with Crippen LogP contribution in [0.1, 0.15) is 59.8 Å². The summed E-state index contributed by atoms with van der Waals surface area (Å²) in [6.07, 6.45) is 5.98. The van der Waals surface area contributed by atoms with Crippen molar-refractivity contribution in [3.05, 3.63) is 0 Å². The van der Waals surface area contributed by atoms with Crippen molar-refractivity contribution in [1.29, 1.82) is 0 Å². The Labute approximate surface area is 105 Å². The van der Waals surface area contributed by atoms with Gasteiger partial charge in [-0.1, -0.05) is 26.7 Å². The van der Waals surface area contributed by atoms with Gasteiger partial charge in [-0.15, -0.1) is 0 Å². The van der Waals surface area contributed by atoms with Crippen molar-refractivity contribution in [2.24, 2.45) is 11.3 Å². The van der Waals surface area contributed by atoms with Crippen LogP contribution in [0.2, 0.25) is 0 Å². The molecule has 17 heavy (non-hydrogen) atoms. The highest BCUT2D eigenvalue weighted by atomic mass is 16.6. The van der Waals surface area contributed by atoms with Crippen LogP contribution in [0.5, 0.6) is 0 Å². The molecule has 1 fully saturated rings. The zero-order valence-corrected chi connectivity index (χ0v) is 11.7. The lowest BCUT2D eigenvalue weighted by molar-refractivity contribution is 0.108. The molecule has 0 radical (unpaired) electrons. The van der Waals surface area contributed by atoms with Gasteiger partial charge in [-0.2, -0.15) is 0 Å². The van der Waals surface area contributed by atoms with Crippen molar-refractivity contribution in [2.45, 2.75) is 65.9 Å². The molecule has 1 aliphatic rings. The lowest BCUT2D eigenvalue weighted by Crippen LogP contribution is -2.37. The molecule has 0 aromatic rings. The first-order valence-corrected chi connectivity index (χ1v) is 6.88. The van der Waals surface area contributed by atoms with Crippen LogP contribution in [0.4, 0.5) is 4.79 Å². The van der Waals surface area contributed by atoms with Gasteiger partial charge in [-0.25, -0.2) is 4.79 Å². The Balaban J connectivity index is 2.42. The SMILES string of the molecule is CC(C)CC1(CNC(=O)OC(C)C)CCCC1. The summed E-state index contributed by atoms with van der Waals surface area (Å²) in [6.45, 7) is 9.04. The summed E-state index contributed by atoms with van der Waals surface area (Å²) in [4.78, 5) is 11.5. The first-order valence-electron chi connectivity index (χ1n) is 6.88. The minimum absolute atomic E-state index is 0.0420. The molecule has 0 saturated heterocycles. The van der Waals surface area contributed by atoms with E-state index in [-0.39, 0.29) is 12.2 Å². The number of amides is 1. The van der Waals surface area contributed by atoms with Crippen molar-refractivity contribution in [2.75, 3.05) is 6.54 Å². The number of rotatable bonds is 5. The lowest BCUT2D eigenvalue weighted by atomic mass is 9.78. The van der Waals surface area contributed by atoms with Gasteiger partial charge >= 0.3 is 6.09 Å². The molecule has 1 N–H and O–H groups in total. The summed E-state index contributed by atoms with van der Waals surface area (Å²) in [7, 11) is 0. The summed E-state index contributed by atoms with van der Waals surface area (Å²) in [6, 6.07) is 0. The van der Waals surface area contributed by atoms with Crippen molar-refractivity contribution in [3.63, 3.8) is 0 Å². The van der Waals surface area contributed by atoms with Gasteiger partial charge in [0.2, 0.25) is 0 Å². The smallest absolute Gasteiger partial charge is 0.407 e. The third-order valence-electron chi connectivity index (χ3n) is 3.46. The molecule has 1 rings (SSSR count). The number of hydrogen-bond donors (Lipinski definition) is 1. The molecule has 0 unspecified atom stereocenters. The third-order valence-corrected chi connectivity index (χ3v) is 3.46. The van der Waals surface area contributed by atoms with Crippen molar-refractivity contribution in [1.82, 2.24) is 5.32 Å². The number of nitrogens with one attached hydrogen (secondary N) is 1. The maximum atomic E-state index is 11.5. The molecule has 3 nitrogen and oxygen atoms in total. The largest absolute Gasteiger partial charge is 0.447 e. The van der Waals surface area contributed by atoms with E-state index in [2.05, 4.69) is 19.2 Å². The monoisotopic (exact) mass is 241 g/mol. The van der Waals surface area contributed by atoms with Crippen LogP contribution >= 0.6 is 0 Å². The molecule has 0 atom stereocenters. The molecule has 1 saturated carbocycles. The number of alkyl carbamates (subject to hydrolysis) is 1. The van der Waals surface area contributed by atoms with Gasteiger partial charge in [0, 0.05) is 6.54 Å². The minimum Gasteiger partial charge on any atom is -0.447 e. The van der Waals surface area contributed by atoms with Crippen molar-refractivity contribution in [3.8, 4) is 0 Å². The molecule has 0 spiro atoms. The Morgan fingerprint density at radius 1 is 1.24 bits per heavy atom. The Morgan fingerprint density at radius 2 is 1.82 bits per heavy atom. The fourth-order valence-corrected chi connectivity index (χ4v) is 2.96. The summed E-state index contributed by atoms with van der Waals surface area (Å²) in [5.41, 5.74) is 0.324. The first-order chi connectivity index (χ1) is 7.93. The zero-order chi connectivity index (χ0) is 12.9. The van der Waals surface area contributed by atoms with E-state index in [0.717, 1.165) is 6.54 Å². The molecule has 3 heteroatoms. The van der Waals surface area contributed by atoms with Gasteiger partial charge in [0.15, 0.2) is 0 Å². The topological polar surface area (TPSA) is 38.3 Å². The van der Waals surface area contributed by atoms with E-state index in [1.54, 1.807) is 0 Å². The maximum Gasteiger partial charge on any atom is 0.407 e. The van der Waals surface area contributed by atoms with Gasteiger partial charge < -0.3 is 10.1 Å². The molecule has 0 aromatic carbocycles. The van der Waals surface area contributed by atoms with Gasteiger partial charge in [0.05, 0.1) is 6.10 Å². The van der Waals surface area contributed by atoms with Crippen LogP contribution in [0.25, 0.3) is 0 Å². The maximum absolute atomic E-state index is 11.5. The second kappa shape index (κ2) is 6.27. The van der Waals surface area contributed by atoms with Gasteiger partial charge in [-0.05, 0) is 44.4 Å². The van der Waals surface area contributed by atoms with Crippen molar-refractivity contribution < 1.29 is 9.53 Å². The second-order valence-corrected chi connectivity index (χ2v) is 6.11. The van der Waals surface area contributed by atoms with Crippen LogP contribution in [-0.2, 0) is 4.74 Å². The van der Waals surface area contributed by atoms with Crippen LogP contribution in [-0.4, -0.2) is 18.7 Å². The summed E-state index contributed by atoms with van der Waals surface area (Å²) >= 11 is 0. The van der Waals surface area contributed by atoms with E-state index in [9.17, 15) is 4.79 Å². The Hall–Kier alpha value is -0.730. The average Bonchev–Trinajstić information content (AvgIpc) is 2.62. The Bertz CT molecular complexity index is 243. The number of ether oxygens (including phenoxy) is 1. The van der Waals surface area contributed by atoms with Crippen LogP contribution in [0.15, 0.2) is 0 Å². The Morgan fingerprint density at radius 3 is 2.29 bits per heavy atom. The predicted octanol–water partition coefficient (Wildman–Crippen LogP) is 3.73. The first kappa shape index (κ1) is 14.3. The van der Waals surface area contributed by atoms with Gasteiger partial charge in [0.1, 0.15) is 0 Å². The molecule has 0 aromatic heterocycles. The summed E-state index contributed by atoms with van der Waals surface area (Å²) in [5.74, 6) is 0.691. The zero-order valence-electron chi connectivity index (χ0n) is 11.7. The molecule has 0 heterocycles. The summed E-state index contributed by atoms with van der Waals surface area (Å²) in [5, 5.41) is 2.94. The van der Waals surface area contributed by atoms with E-state index in [1.807, 2.05) is 13.8 Å². The highest BCUT2D eigenvalue weighted by Crippen LogP contribution is 2.42. The number of hydrogen-bond acceptors (Lipinski definition) is 2. The summed E-state index contributed by atoms with van der Waals surface area (Å²) < 4.78 is 5.11. The Kier molecular flexibility index (Phi) is 5.29. The number of carbonyl (C=O) groups is 1. The van der Waals surface area contributed by atoms with Gasteiger partial charge in [-0.3, -0.25) is 0 Å². The highest BCUT2D eigenvalue weighted by Gasteiger charge is 2.34. The van der Waals surface area contributed by atoms with E-state index >= 15 is 0 Å². The van der Waals surface area contributed by atoms with Crippen LogP contribution < -0.4 is 5.32 Å². The van der Waals surface area contributed by atoms with E-state index < -0.39 is 0 Å². The van der Waals surface area contributed by atoms with Crippen LogP contribution in [0.3, 0.4) is 0 Å². The molecule has 100 valence electrons.